The SMILES string of the molecule is CC.CCN1CCC2(CCN(C)CC2)CC1. The van der Waals surface area contributed by atoms with Gasteiger partial charge in [0.15, 0.2) is 0 Å². The molecule has 2 rings (SSSR count). The number of hydrogen-bond acceptors (Lipinski definition) is 2. The van der Waals surface area contributed by atoms with Gasteiger partial charge in [0, 0.05) is 0 Å². The van der Waals surface area contributed by atoms with E-state index in [9.17, 15) is 0 Å². The van der Waals surface area contributed by atoms with Gasteiger partial charge in [-0.15, -0.1) is 0 Å². The normalized spacial score (nSPS) is 26.2. The molecule has 0 atom stereocenters. The van der Waals surface area contributed by atoms with Crippen LogP contribution < -0.4 is 0 Å². The fraction of sp³-hybridized carbons (Fsp3) is 1.00. The highest BCUT2D eigenvalue weighted by Gasteiger charge is 2.36. The van der Waals surface area contributed by atoms with Crippen molar-refractivity contribution in [2.24, 2.45) is 5.41 Å². The van der Waals surface area contributed by atoms with E-state index in [4.69, 9.17) is 0 Å². The second-order valence-corrected chi connectivity index (χ2v) is 5.24. The summed E-state index contributed by atoms with van der Waals surface area (Å²) >= 11 is 0. The summed E-state index contributed by atoms with van der Waals surface area (Å²) in [4.78, 5) is 5.08. The molecule has 0 radical (unpaired) electrons. The van der Waals surface area contributed by atoms with Crippen molar-refractivity contribution >= 4 is 0 Å². The second-order valence-electron chi connectivity index (χ2n) is 5.24. The Morgan fingerprint density at radius 2 is 1.31 bits per heavy atom. The Bertz CT molecular complexity index is 173. The number of nitrogens with zero attached hydrogens (tertiary/aromatic N) is 2. The van der Waals surface area contributed by atoms with Crippen molar-refractivity contribution in [3.05, 3.63) is 0 Å². The Morgan fingerprint density at radius 1 is 0.875 bits per heavy atom. The topological polar surface area (TPSA) is 6.48 Å². The summed E-state index contributed by atoms with van der Waals surface area (Å²) in [6.45, 7) is 12.9. The Labute approximate surface area is 102 Å². The maximum absolute atomic E-state index is 2.60. The van der Waals surface area contributed by atoms with Gasteiger partial charge >= 0.3 is 0 Å². The van der Waals surface area contributed by atoms with Gasteiger partial charge in [0.2, 0.25) is 0 Å². The molecule has 0 bridgehead atoms. The Morgan fingerprint density at radius 3 is 1.75 bits per heavy atom. The Balaban J connectivity index is 0.000000606. The van der Waals surface area contributed by atoms with Gasteiger partial charge in [-0.2, -0.15) is 0 Å². The molecule has 16 heavy (non-hydrogen) atoms. The van der Waals surface area contributed by atoms with Crippen LogP contribution in [-0.4, -0.2) is 49.6 Å². The molecule has 2 aliphatic heterocycles. The molecule has 0 unspecified atom stereocenters. The maximum Gasteiger partial charge on any atom is -0.00135 e. The first kappa shape index (κ1) is 14.0. The van der Waals surface area contributed by atoms with Crippen LogP contribution in [-0.2, 0) is 0 Å². The predicted octanol–water partition coefficient (Wildman–Crippen LogP) is 2.84. The first-order valence-corrected chi connectivity index (χ1v) is 7.15. The first-order valence-electron chi connectivity index (χ1n) is 7.15. The van der Waals surface area contributed by atoms with Crippen LogP contribution in [0.4, 0.5) is 0 Å². The molecule has 0 aliphatic carbocycles. The molecule has 2 heterocycles. The largest absolute Gasteiger partial charge is 0.306 e. The zero-order chi connectivity index (χ0) is 12.0. The zero-order valence-corrected chi connectivity index (χ0v) is 11.8. The molecule has 0 N–H and O–H groups in total. The molecular formula is C14H30N2. The quantitative estimate of drug-likeness (QED) is 0.678. The summed E-state index contributed by atoms with van der Waals surface area (Å²) in [6, 6.07) is 0. The molecule has 2 fully saturated rings. The van der Waals surface area contributed by atoms with Crippen LogP contribution in [0.5, 0.6) is 0 Å². The van der Waals surface area contributed by atoms with Gasteiger partial charge in [0.05, 0.1) is 0 Å². The third kappa shape index (κ3) is 3.46. The van der Waals surface area contributed by atoms with Crippen molar-refractivity contribution < 1.29 is 0 Å². The predicted molar refractivity (Wildman–Crippen MR) is 71.9 cm³/mol. The molecule has 0 aromatic rings. The van der Waals surface area contributed by atoms with Crippen molar-refractivity contribution in [3.63, 3.8) is 0 Å². The number of hydrogen-bond donors (Lipinski definition) is 0. The van der Waals surface area contributed by atoms with E-state index in [0.29, 0.717) is 0 Å². The maximum atomic E-state index is 2.60. The summed E-state index contributed by atoms with van der Waals surface area (Å²) in [5, 5.41) is 0. The van der Waals surface area contributed by atoms with Gasteiger partial charge in [-0.05, 0) is 70.9 Å². The summed E-state index contributed by atoms with van der Waals surface area (Å²) < 4.78 is 0. The third-order valence-corrected chi connectivity index (χ3v) is 4.41. The summed E-state index contributed by atoms with van der Waals surface area (Å²) in [7, 11) is 2.26. The number of likely N-dealkylation sites (tertiary alicyclic amines) is 2. The molecule has 2 aliphatic rings. The molecule has 0 aromatic carbocycles. The van der Waals surface area contributed by atoms with Crippen molar-refractivity contribution in [3.8, 4) is 0 Å². The van der Waals surface area contributed by atoms with Crippen LogP contribution in [0.25, 0.3) is 0 Å². The van der Waals surface area contributed by atoms with Gasteiger partial charge in [-0.3, -0.25) is 0 Å². The van der Waals surface area contributed by atoms with E-state index in [1.165, 1.54) is 58.4 Å². The highest BCUT2D eigenvalue weighted by Crippen LogP contribution is 2.40. The highest BCUT2D eigenvalue weighted by atomic mass is 15.1. The Hall–Kier alpha value is -0.0800. The standard InChI is InChI=1S/C12H24N2.C2H6/c1-3-14-10-6-12(7-11-14)4-8-13(2)9-5-12;1-2/h3-11H2,1-2H3;1-2H3. The molecular weight excluding hydrogens is 196 g/mol. The van der Waals surface area contributed by atoms with Crippen molar-refractivity contribution in [1.82, 2.24) is 9.80 Å². The summed E-state index contributed by atoms with van der Waals surface area (Å²) in [6.07, 6.45) is 5.80. The summed E-state index contributed by atoms with van der Waals surface area (Å²) in [5.41, 5.74) is 0.734. The third-order valence-electron chi connectivity index (χ3n) is 4.41. The van der Waals surface area contributed by atoms with Gasteiger partial charge in [0.25, 0.3) is 0 Å². The van der Waals surface area contributed by atoms with Gasteiger partial charge in [-0.1, -0.05) is 20.8 Å². The van der Waals surface area contributed by atoms with Crippen molar-refractivity contribution in [1.29, 1.82) is 0 Å². The van der Waals surface area contributed by atoms with Gasteiger partial charge < -0.3 is 9.80 Å². The van der Waals surface area contributed by atoms with Crippen LogP contribution in [0.1, 0.15) is 46.5 Å². The van der Waals surface area contributed by atoms with Crippen LogP contribution >= 0.6 is 0 Å². The lowest BCUT2D eigenvalue weighted by molar-refractivity contribution is 0.0448. The minimum Gasteiger partial charge on any atom is -0.306 e. The zero-order valence-electron chi connectivity index (χ0n) is 11.8. The molecule has 2 nitrogen and oxygen atoms in total. The smallest absolute Gasteiger partial charge is 0.00135 e. The average molecular weight is 226 g/mol. The van der Waals surface area contributed by atoms with E-state index >= 15 is 0 Å². The van der Waals surface area contributed by atoms with Crippen LogP contribution in [0, 0.1) is 5.41 Å². The van der Waals surface area contributed by atoms with E-state index in [2.05, 4.69) is 23.8 Å². The lowest BCUT2D eigenvalue weighted by Crippen LogP contribution is -2.45. The van der Waals surface area contributed by atoms with Crippen LogP contribution in [0.15, 0.2) is 0 Å². The molecule has 0 saturated carbocycles. The minimum atomic E-state index is 0.734. The van der Waals surface area contributed by atoms with Crippen molar-refractivity contribution in [2.75, 3.05) is 39.8 Å². The lowest BCUT2D eigenvalue weighted by atomic mass is 9.71. The van der Waals surface area contributed by atoms with E-state index in [-0.39, 0.29) is 0 Å². The molecule has 1 spiro atoms. The van der Waals surface area contributed by atoms with E-state index in [0.717, 1.165) is 5.41 Å². The van der Waals surface area contributed by atoms with E-state index < -0.39 is 0 Å². The molecule has 2 saturated heterocycles. The fourth-order valence-corrected chi connectivity index (χ4v) is 2.94. The van der Waals surface area contributed by atoms with Crippen LogP contribution in [0.3, 0.4) is 0 Å². The molecule has 0 amide bonds. The minimum absolute atomic E-state index is 0.734. The Kier molecular flexibility index (Phi) is 5.77. The number of piperidine rings is 2. The van der Waals surface area contributed by atoms with E-state index in [1.54, 1.807) is 0 Å². The van der Waals surface area contributed by atoms with Crippen molar-refractivity contribution in [2.45, 2.75) is 46.5 Å². The molecule has 96 valence electrons. The van der Waals surface area contributed by atoms with Gasteiger partial charge in [-0.25, -0.2) is 0 Å². The van der Waals surface area contributed by atoms with E-state index in [1.807, 2.05) is 13.8 Å². The molecule has 2 heteroatoms. The van der Waals surface area contributed by atoms with Crippen LogP contribution in [0.2, 0.25) is 0 Å². The second kappa shape index (κ2) is 6.61. The number of rotatable bonds is 1. The fourth-order valence-electron chi connectivity index (χ4n) is 2.94. The van der Waals surface area contributed by atoms with Gasteiger partial charge in [0.1, 0.15) is 0 Å². The highest BCUT2D eigenvalue weighted by molar-refractivity contribution is 4.89. The molecule has 0 aromatic heterocycles. The first-order chi connectivity index (χ1) is 7.74. The monoisotopic (exact) mass is 226 g/mol. The average Bonchev–Trinajstić information content (AvgIpc) is 2.37. The summed E-state index contributed by atoms with van der Waals surface area (Å²) in [5.74, 6) is 0. The lowest BCUT2D eigenvalue weighted by Gasteiger charge is -2.46.